The van der Waals surface area contributed by atoms with E-state index < -0.39 is 6.04 Å². The molecule has 2 N–H and O–H groups in total. The van der Waals surface area contributed by atoms with Gasteiger partial charge in [0.1, 0.15) is 17.6 Å². The number of H-pyrrole nitrogens is 1. The van der Waals surface area contributed by atoms with Crippen molar-refractivity contribution < 1.29 is 14.4 Å². The van der Waals surface area contributed by atoms with Gasteiger partial charge in [-0.1, -0.05) is 38.1 Å². The van der Waals surface area contributed by atoms with E-state index in [1.807, 2.05) is 72.2 Å². The van der Waals surface area contributed by atoms with Gasteiger partial charge in [0, 0.05) is 49.2 Å². The Bertz CT molecular complexity index is 1330. The Morgan fingerprint density at radius 3 is 2.36 bits per heavy atom. The first-order chi connectivity index (χ1) is 18.9. The molecule has 2 bridgehead atoms. The minimum Gasteiger partial charge on any atom is -0.357 e. The molecule has 5 heterocycles. The predicted octanol–water partition coefficient (Wildman–Crippen LogP) is 3.05. The van der Waals surface area contributed by atoms with E-state index in [4.69, 9.17) is 0 Å². The maximum absolute atomic E-state index is 13.7. The van der Waals surface area contributed by atoms with Crippen molar-refractivity contribution in [1.29, 1.82) is 0 Å². The molecule has 3 fully saturated rings. The van der Waals surface area contributed by atoms with Crippen LogP contribution < -0.4 is 10.2 Å². The first-order valence-electron chi connectivity index (χ1n) is 14.0. The smallest absolute Gasteiger partial charge is 0.268 e. The number of carbonyl (C=O) groups is 3. The van der Waals surface area contributed by atoms with E-state index in [0.717, 1.165) is 49.1 Å². The van der Waals surface area contributed by atoms with Gasteiger partial charge >= 0.3 is 0 Å². The molecule has 6 rings (SSSR count). The fourth-order valence-corrected chi connectivity index (χ4v) is 6.44. The minimum absolute atomic E-state index is 0.00582. The first kappa shape index (κ1) is 25.4. The normalized spacial score (nSPS) is 22.1. The number of hydrogen-bond donors (Lipinski definition) is 2. The summed E-state index contributed by atoms with van der Waals surface area (Å²) in [5.74, 6) is 0.811. The maximum Gasteiger partial charge on any atom is 0.268 e. The summed E-state index contributed by atoms with van der Waals surface area (Å²) in [5, 5.41) is 3.94. The number of carbonyl (C=O) groups excluding carboxylic acids is 3. The summed E-state index contributed by atoms with van der Waals surface area (Å²) in [6.07, 6.45) is 4.26. The van der Waals surface area contributed by atoms with Crippen LogP contribution in [-0.4, -0.2) is 81.8 Å². The standard InChI is InChI=1S/C30H36N6O3/c1-19(2)27(33-28(37)25-15-21-7-3-4-8-24(21)32-25)30(39)36-18-22-16-23(36)17-35(22)29(38)20-10-13-34(14-11-20)26-9-5-6-12-31-26/h3-9,12,15,19-20,22-23,27,32H,10-11,13-14,16-18H2,1-2H3,(H,33,37). The summed E-state index contributed by atoms with van der Waals surface area (Å²) >= 11 is 0. The summed E-state index contributed by atoms with van der Waals surface area (Å²) in [4.78, 5) is 53.9. The number of fused-ring (bicyclic) bond motifs is 3. The van der Waals surface area contributed by atoms with Crippen molar-refractivity contribution in [3.63, 3.8) is 0 Å². The molecule has 3 aromatic rings. The number of piperidine rings is 1. The first-order valence-corrected chi connectivity index (χ1v) is 14.0. The lowest BCUT2D eigenvalue weighted by molar-refractivity contribution is -0.144. The lowest BCUT2D eigenvalue weighted by Crippen LogP contribution is -2.58. The van der Waals surface area contributed by atoms with Crippen LogP contribution in [0.15, 0.2) is 54.7 Å². The average Bonchev–Trinajstić information content (AvgIpc) is 3.70. The highest BCUT2D eigenvalue weighted by molar-refractivity contribution is 6.00. The second-order valence-corrected chi connectivity index (χ2v) is 11.4. The molecule has 2 aromatic heterocycles. The summed E-state index contributed by atoms with van der Waals surface area (Å²) in [6.45, 7) is 6.67. The van der Waals surface area contributed by atoms with E-state index in [-0.39, 0.29) is 41.6 Å². The summed E-state index contributed by atoms with van der Waals surface area (Å²) in [6, 6.07) is 14.9. The Morgan fingerprint density at radius 1 is 0.974 bits per heavy atom. The van der Waals surface area contributed by atoms with Crippen LogP contribution in [0.5, 0.6) is 0 Å². The van der Waals surface area contributed by atoms with Gasteiger partial charge in [-0.15, -0.1) is 0 Å². The van der Waals surface area contributed by atoms with Crippen LogP contribution in [0.25, 0.3) is 10.9 Å². The Morgan fingerprint density at radius 2 is 1.69 bits per heavy atom. The molecule has 3 unspecified atom stereocenters. The summed E-state index contributed by atoms with van der Waals surface area (Å²) in [7, 11) is 0. The molecule has 3 aliphatic heterocycles. The van der Waals surface area contributed by atoms with Crippen molar-refractivity contribution in [1.82, 2.24) is 25.1 Å². The second kappa shape index (κ2) is 10.4. The molecule has 0 aliphatic carbocycles. The highest BCUT2D eigenvalue weighted by Gasteiger charge is 2.49. The molecule has 0 saturated carbocycles. The van der Waals surface area contributed by atoms with Crippen molar-refractivity contribution in [2.75, 3.05) is 31.1 Å². The molecular formula is C30H36N6O3. The minimum atomic E-state index is -0.622. The Balaban J connectivity index is 1.06. The van der Waals surface area contributed by atoms with E-state index in [1.165, 1.54) is 0 Å². The fraction of sp³-hybridized carbons (Fsp3) is 0.467. The number of anilines is 1. The zero-order chi connectivity index (χ0) is 27.1. The Labute approximate surface area is 228 Å². The number of nitrogens with zero attached hydrogens (tertiary/aromatic N) is 4. The second-order valence-electron chi connectivity index (χ2n) is 11.4. The SMILES string of the molecule is CC(C)C(NC(=O)c1cc2ccccc2[nH]1)C(=O)N1CC2CC1CN2C(=O)C1CCN(c2ccccn2)CC1. The van der Waals surface area contributed by atoms with Crippen molar-refractivity contribution in [3.8, 4) is 0 Å². The number of nitrogens with one attached hydrogen (secondary N) is 2. The highest BCUT2D eigenvalue weighted by atomic mass is 16.2. The third-order valence-electron chi connectivity index (χ3n) is 8.62. The molecule has 3 amide bonds. The van der Waals surface area contributed by atoms with Crippen LogP contribution in [-0.2, 0) is 9.59 Å². The van der Waals surface area contributed by atoms with Gasteiger partial charge in [-0.05, 0) is 49.4 Å². The van der Waals surface area contributed by atoms with Gasteiger partial charge in [0.25, 0.3) is 5.91 Å². The van der Waals surface area contributed by atoms with Gasteiger partial charge in [0.2, 0.25) is 11.8 Å². The third-order valence-corrected chi connectivity index (χ3v) is 8.62. The zero-order valence-electron chi connectivity index (χ0n) is 22.5. The van der Waals surface area contributed by atoms with Crippen molar-refractivity contribution >= 4 is 34.4 Å². The molecule has 1 aromatic carbocycles. The van der Waals surface area contributed by atoms with Gasteiger partial charge in [0.15, 0.2) is 0 Å². The number of rotatable bonds is 6. The van der Waals surface area contributed by atoms with Crippen LogP contribution in [0.1, 0.15) is 43.6 Å². The van der Waals surface area contributed by atoms with E-state index in [9.17, 15) is 14.4 Å². The van der Waals surface area contributed by atoms with Gasteiger partial charge < -0.3 is 25.0 Å². The highest BCUT2D eigenvalue weighted by Crippen LogP contribution is 2.34. The number of amides is 3. The largest absolute Gasteiger partial charge is 0.357 e. The van der Waals surface area contributed by atoms with Crippen LogP contribution in [0.2, 0.25) is 0 Å². The number of para-hydroxylation sites is 1. The number of benzene rings is 1. The van der Waals surface area contributed by atoms with E-state index >= 15 is 0 Å². The average molecular weight is 529 g/mol. The molecule has 204 valence electrons. The van der Waals surface area contributed by atoms with Crippen LogP contribution in [0.4, 0.5) is 5.82 Å². The van der Waals surface area contributed by atoms with Gasteiger partial charge in [-0.25, -0.2) is 4.98 Å². The van der Waals surface area contributed by atoms with Crippen molar-refractivity contribution in [2.45, 2.75) is 51.2 Å². The third kappa shape index (κ3) is 4.86. The van der Waals surface area contributed by atoms with Crippen LogP contribution in [0.3, 0.4) is 0 Å². The Kier molecular flexibility index (Phi) is 6.74. The molecule has 9 nitrogen and oxygen atoms in total. The maximum atomic E-state index is 13.7. The quantitative estimate of drug-likeness (QED) is 0.512. The molecule has 0 spiro atoms. The molecule has 39 heavy (non-hydrogen) atoms. The summed E-state index contributed by atoms with van der Waals surface area (Å²) in [5.41, 5.74) is 1.34. The van der Waals surface area contributed by atoms with Crippen LogP contribution >= 0.6 is 0 Å². The van der Waals surface area contributed by atoms with Gasteiger partial charge in [0.05, 0.1) is 12.1 Å². The van der Waals surface area contributed by atoms with Crippen molar-refractivity contribution in [3.05, 3.63) is 60.4 Å². The monoisotopic (exact) mass is 528 g/mol. The molecular weight excluding hydrogens is 492 g/mol. The fourth-order valence-electron chi connectivity index (χ4n) is 6.44. The summed E-state index contributed by atoms with van der Waals surface area (Å²) < 4.78 is 0. The predicted molar refractivity (Wildman–Crippen MR) is 149 cm³/mol. The van der Waals surface area contributed by atoms with Crippen molar-refractivity contribution in [2.24, 2.45) is 11.8 Å². The molecule has 3 saturated heterocycles. The number of aromatic nitrogens is 2. The number of aromatic amines is 1. The number of likely N-dealkylation sites (tertiary alicyclic amines) is 2. The topological polar surface area (TPSA) is 102 Å². The molecule has 9 heteroatoms. The number of pyridine rings is 1. The lowest BCUT2D eigenvalue weighted by Gasteiger charge is -2.39. The molecule has 3 atom stereocenters. The molecule has 0 radical (unpaired) electrons. The van der Waals surface area contributed by atoms with Crippen LogP contribution in [0, 0.1) is 11.8 Å². The zero-order valence-corrected chi connectivity index (χ0v) is 22.5. The molecule has 3 aliphatic rings. The number of piperazine rings is 1. The number of hydrogen-bond acceptors (Lipinski definition) is 5. The van der Waals surface area contributed by atoms with E-state index in [2.05, 4.69) is 20.2 Å². The van der Waals surface area contributed by atoms with E-state index in [1.54, 1.807) is 6.20 Å². The van der Waals surface area contributed by atoms with E-state index in [0.29, 0.717) is 18.8 Å². The lowest BCUT2D eigenvalue weighted by atomic mass is 9.94. The Hall–Kier alpha value is -3.88. The van der Waals surface area contributed by atoms with Gasteiger partial charge in [-0.2, -0.15) is 0 Å². The van der Waals surface area contributed by atoms with Gasteiger partial charge in [-0.3, -0.25) is 14.4 Å².